The normalized spacial score (nSPS) is 24.8. The van der Waals surface area contributed by atoms with Crippen molar-refractivity contribution in [2.75, 3.05) is 26.7 Å². The maximum absolute atomic E-state index is 6.42. The number of rotatable bonds is 5. The Morgan fingerprint density at radius 1 is 1.35 bits per heavy atom. The number of aryl methyl sites for hydroxylation is 1. The summed E-state index contributed by atoms with van der Waals surface area (Å²) in [4.78, 5) is 5.02. The van der Waals surface area contributed by atoms with Gasteiger partial charge in [0.1, 0.15) is 0 Å². The molecule has 1 aromatic rings. The van der Waals surface area contributed by atoms with Gasteiger partial charge in [-0.15, -0.1) is 0 Å². The van der Waals surface area contributed by atoms with E-state index in [-0.39, 0.29) is 12.1 Å². The van der Waals surface area contributed by atoms with Gasteiger partial charge in [-0.3, -0.25) is 9.58 Å². The number of aromatic nitrogens is 2. The van der Waals surface area contributed by atoms with Crippen LogP contribution in [0.3, 0.4) is 0 Å². The van der Waals surface area contributed by atoms with Crippen molar-refractivity contribution in [3.8, 4) is 0 Å². The number of likely N-dealkylation sites (N-methyl/N-ethyl adjacent to an activating group) is 1. The Labute approximate surface area is 122 Å². The van der Waals surface area contributed by atoms with E-state index in [1.807, 2.05) is 17.9 Å². The number of piperazine rings is 1. The van der Waals surface area contributed by atoms with Crippen LogP contribution in [0.15, 0.2) is 12.4 Å². The monoisotopic (exact) mass is 279 g/mol. The highest BCUT2D eigenvalue weighted by Crippen LogP contribution is 2.27. The van der Waals surface area contributed by atoms with E-state index in [4.69, 9.17) is 5.73 Å². The van der Waals surface area contributed by atoms with Crippen LogP contribution in [0.5, 0.6) is 0 Å². The minimum atomic E-state index is 0.167. The molecule has 0 bridgehead atoms. The first-order valence-corrected chi connectivity index (χ1v) is 7.75. The Kier molecular flexibility index (Phi) is 5.18. The first kappa shape index (κ1) is 15.5. The van der Waals surface area contributed by atoms with Crippen LogP contribution >= 0.6 is 0 Å². The van der Waals surface area contributed by atoms with Crippen molar-refractivity contribution >= 4 is 0 Å². The first-order valence-electron chi connectivity index (χ1n) is 7.75. The van der Waals surface area contributed by atoms with Gasteiger partial charge in [-0.05, 0) is 19.9 Å². The molecular weight excluding hydrogens is 250 g/mol. The minimum absolute atomic E-state index is 0.167. The average molecular weight is 279 g/mol. The summed E-state index contributed by atoms with van der Waals surface area (Å²) in [6, 6.07) is 1.09. The highest BCUT2D eigenvalue weighted by molar-refractivity contribution is 5.14. The molecule has 3 atom stereocenters. The topological polar surface area (TPSA) is 50.3 Å². The van der Waals surface area contributed by atoms with Gasteiger partial charge in [0.25, 0.3) is 0 Å². The van der Waals surface area contributed by atoms with Gasteiger partial charge in [0.2, 0.25) is 0 Å². The van der Waals surface area contributed by atoms with Crippen molar-refractivity contribution in [3.63, 3.8) is 0 Å². The SMILES string of the molecule is CCC(N)C(c1cnn(C)c1)N1CCN(C)C(CC)C1. The lowest BCUT2D eigenvalue weighted by molar-refractivity contribution is 0.0524. The minimum Gasteiger partial charge on any atom is -0.326 e. The van der Waals surface area contributed by atoms with Gasteiger partial charge in [0.15, 0.2) is 0 Å². The van der Waals surface area contributed by atoms with Crippen molar-refractivity contribution in [2.45, 2.75) is 44.8 Å². The lowest BCUT2D eigenvalue weighted by atomic mass is 9.96. The molecule has 1 fully saturated rings. The molecule has 0 aliphatic carbocycles. The van der Waals surface area contributed by atoms with Gasteiger partial charge < -0.3 is 10.6 Å². The summed E-state index contributed by atoms with van der Waals surface area (Å²) in [5.41, 5.74) is 7.67. The molecule has 1 aromatic heterocycles. The average Bonchev–Trinajstić information content (AvgIpc) is 2.86. The van der Waals surface area contributed by atoms with Gasteiger partial charge >= 0.3 is 0 Å². The van der Waals surface area contributed by atoms with E-state index >= 15 is 0 Å². The summed E-state index contributed by atoms with van der Waals surface area (Å²) in [5, 5.41) is 4.33. The lowest BCUT2D eigenvalue weighted by Crippen LogP contribution is -2.54. The lowest BCUT2D eigenvalue weighted by Gasteiger charge is -2.44. The summed E-state index contributed by atoms with van der Waals surface area (Å²) in [5.74, 6) is 0. The quantitative estimate of drug-likeness (QED) is 0.880. The predicted octanol–water partition coefficient (Wildman–Crippen LogP) is 1.22. The number of hydrogen-bond acceptors (Lipinski definition) is 4. The fourth-order valence-corrected chi connectivity index (χ4v) is 3.21. The Bertz CT molecular complexity index is 416. The zero-order valence-electron chi connectivity index (χ0n) is 13.3. The Morgan fingerprint density at radius 3 is 2.65 bits per heavy atom. The highest BCUT2D eigenvalue weighted by atomic mass is 15.3. The van der Waals surface area contributed by atoms with Gasteiger partial charge in [0, 0.05) is 50.5 Å². The summed E-state index contributed by atoms with van der Waals surface area (Å²) in [7, 11) is 4.20. The van der Waals surface area contributed by atoms with Crippen LogP contribution in [0.4, 0.5) is 0 Å². The third-order valence-corrected chi connectivity index (χ3v) is 4.62. The zero-order chi connectivity index (χ0) is 14.7. The molecule has 0 amide bonds. The smallest absolute Gasteiger partial charge is 0.0538 e. The first-order chi connectivity index (χ1) is 9.56. The molecule has 5 heteroatoms. The summed E-state index contributed by atoms with van der Waals surface area (Å²) in [6.07, 6.45) is 6.26. The van der Waals surface area contributed by atoms with Crippen molar-refractivity contribution in [3.05, 3.63) is 18.0 Å². The van der Waals surface area contributed by atoms with Crippen molar-refractivity contribution in [1.29, 1.82) is 0 Å². The molecule has 5 nitrogen and oxygen atoms in total. The van der Waals surface area contributed by atoms with Crippen LogP contribution in [0.25, 0.3) is 0 Å². The molecule has 0 spiro atoms. The Hall–Kier alpha value is -0.910. The summed E-state index contributed by atoms with van der Waals surface area (Å²) < 4.78 is 1.87. The molecule has 2 N–H and O–H groups in total. The maximum atomic E-state index is 6.42. The van der Waals surface area contributed by atoms with Crippen LogP contribution in [0, 0.1) is 0 Å². The molecular formula is C15H29N5. The second-order valence-electron chi connectivity index (χ2n) is 6.00. The van der Waals surface area contributed by atoms with Crippen LogP contribution in [0.2, 0.25) is 0 Å². The van der Waals surface area contributed by atoms with Crippen LogP contribution in [-0.2, 0) is 7.05 Å². The molecule has 1 aliphatic heterocycles. The van der Waals surface area contributed by atoms with Crippen LogP contribution < -0.4 is 5.73 Å². The van der Waals surface area contributed by atoms with E-state index in [2.05, 4.69) is 42.0 Å². The fraction of sp³-hybridized carbons (Fsp3) is 0.800. The molecule has 2 rings (SSSR count). The zero-order valence-corrected chi connectivity index (χ0v) is 13.3. The standard InChI is InChI=1S/C15H29N5/c1-5-13-11-20(8-7-18(13)3)15(14(16)6-2)12-9-17-19(4)10-12/h9-10,13-15H,5-8,11,16H2,1-4H3. The predicted molar refractivity (Wildman–Crippen MR) is 82.5 cm³/mol. The third kappa shape index (κ3) is 3.22. The Balaban J connectivity index is 2.19. The third-order valence-electron chi connectivity index (χ3n) is 4.62. The molecule has 1 aliphatic rings. The van der Waals surface area contributed by atoms with Crippen LogP contribution in [0.1, 0.15) is 38.3 Å². The molecule has 0 saturated carbocycles. The van der Waals surface area contributed by atoms with Crippen molar-refractivity contribution in [1.82, 2.24) is 19.6 Å². The van der Waals surface area contributed by atoms with Gasteiger partial charge in [0.05, 0.1) is 12.2 Å². The molecule has 114 valence electrons. The van der Waals surface area contributed by atoms with E-state index in [1.54, 1.807) is 0 Å². The largest absolute Gasteiger partial charge is 0.326 e. The molecule has 0 radical (unpaired) electrons. The van der Waals surface area contributed by atoms with Gasteiger partial charge in [-0.1, -0.05) is 13.8 Å². The van der Waals surface area contributed by atoms with Crippen molar-refractivity contribution in [2.24, 2.45) is 12.8 Å². The van der Waals surface area contributed by atoms with Gasteiger partial charge in [-0.25, -0.2) is 0 Å². The van der Waals surface area contributed by atoms with Crippen molar-refractivity contribution < 1.29 is 0 Å². The van der Waals surface area contributed by atoms with E-state index in [1.165, 1.54) is 12.0 Å². The fourth-order valence-electron chi connectivity index (χ4n) is 3.21. The van der Waals surface area contributed by atoms with Gasteiger partial charge in [-0.2, -0.15) is 5.10 Å². The molecule has 2 heterocycles. The highest BCUT2D eigenvalue weighted by Gasteiger charge is 2.32. The Morgan fingerprint density at radius 2 is 2.10 bits per heavy atom. The van der Waals surface area contributed by atoms with E-state index in [9.17, 15) is 0 Å². The molecule has 20 heavy (non-hydrogen) atoms. The summed E-state index contributed by atoms with van der Waals surface area (Å²) >= 11 is 0. The second-order valence-corrected chi connectivity index (χ2v) is 6.00. The molecule has 3 unspecified atom stereocenters. The molecule has 0 aromatic carbocycles. The van der Waals surface area contributed by atoms with E-state index in [0.717, 1.165) is 26.1 Å². The van der Waals surface area contributed by atoms with E-state index in [0.29, 0.717) is 6.04 Å². The van der Waals surface area contributed by atoms with E-state index < -0.39 is 0 Å². The number of nitrogens with two attached hydrogens (primary N) is 1. The number of nitrogens with zero attached hydrogens (tertiary/aromatic N) is 4. The van der Waals surface area contributed by atoms with Crippen LogP contribution in [-0.4, -0.2) is 58.3 Å². The second kappa shape index (κ2) is 6.70. The maximum Gasteiger partial charge on any atom is 0.0538 e. The molecule has 1 saturated heterocycles. The number of hydrogen-bond donors (Lipinski definition) is 1. The summed E-state index contributed by atoms with van der Waals surface area (Å²) in [6.45, 7) is 7.73.